The van der Waals surface area contributed by atoms with E-state index in [9.17, 15) is 14.4 Å². The Hall–Kier alpha value is -5.23. The number of allylic oxidation sites excluding steroid dienone is 4. The topological polar surface area (TPSA) is 140 Å². The van der Waals surface area contributed by atoms with E-state index < -0.39 is 35.4 Å². The fraction of sp³-hybridized carbons (Fsp3) is 0.273. The lowest BCUT2D eigenvalue weighted by Gasteiger charge is -2.20. The fourth-order valence-electron chi connectivity index (χ4n) is 5.02. The van der Waals surface area contributed by atoms with Gasteiger partial charge in [-0.25, -0.2) is 9.07 Å². The van der Waals surface area contributed by atoms with Crippen LogP contribution in [0.1, 0.15) is 42.7 Å². The van der Waals surface area contributed by atoms with E-state index in [4.69, 9.17) is 19.9 Å². The number of ether oxygens (including phenoxy) is 3. The number of aromatic nitrogens is 3. The SMILES string of the molecule is COc1ccc2c(Oc3ccc(NC(=O)c4c(C)n(C[C@@H](C)OC(=O)[C@H](C)N)n(C5=CCCC=C5)c4=O)cc3F)ccnc2c1. The van der Waals surface area contributed by atoms with Gasteiger partial charge in [0.15, 0.2) is 11.6 Å². The molecule has 2 aromatic heterocycles. The molecule has 0 spiro atoms. The van der Waals surface area contributed by atoms with E-state index in [-0.39, 0.29) is 23.5 Å². The molecule has 2 heterocycles. The van der Waals surface area contributed by atoms with E-state index in [0.717, 1.165) is 18.9 Å². The number of nitrogens with zero attached hydrogens (tertiary/aromatic N) is 3. The summed E-state index contributed by atoms with van der Waals surface area (Å²) in [6, 6.07) is 10.1. The molecule has 11 nitrogen and oxygen atoms in total. The van der Waals surface area contributed by atoms with Crippen molar-refractivity contribution >= 4 is 34.2 Å². The molecule has 0 saturated carbocycles. The van der Waals surface area contributed by atoms with E-state index in [1.54, 1.807) is 62.2 Å². The van der Waals surface area contributed by atoms with Crippen LogP contribution in [0.2, 0.25) is 0 Å². The molecule has 2 aromatic carbocycles. The van der Waals surface area contributed by atoms with Gasteiger partial charge in [0.2, 0.25) is 0 Å². The quantitative estimate of drug-likeness (QED) is 0.233. The molecule has 0 unspecified atom stereocenters. The number of halogens is 1. The van der Waals surface area contributed by atoms with Gasteiger partial charge < -0.3 is 25.3 Å². The Morgan fingerprint density at radius 1 is 1.11 bits per heavy atom. The molecular weight excluding hydrogens is 581 g/mol. The molecule has 0 fully saturated rings. The van der Waals surface area contributed by atoms with E-state index in [0.29, 0.717) is 33.8 Å². The number of carbonyl (C=O) groups is 2. The van der Waals surface area contributed by atoms with Crippen LogP contribution < -0.4 is 26.1 Å². The van der Waals surface area contributed by atoms with Crippen LogP contribution in [0.4, 0.5) is 10.1 Å². The lowest BCUT2D eigenvalue weighted by Crippen LogP contribution is -2.34. The van der Waals surface area contributed by atoms with Crippen molar-refractivity contribution in [2.24, 2.45) is 5.73 Å². The Kier molecular flexibility index (Phi) is 9.14. The molecule has 45 heavy (non-hydrogen) atoms. The minimum absolute atomic E-state index is 0.0626. The number of amides is 1. The van der Waals surface area contributed by atoms with Gasteiger partial charge in [0.05, 0.1) is 30.6 Å². The maximum absolute atomic E-state index is 15.2. The normalized spacial score (nSPS) is 14.0. The van der Waals surface area contributed by atoms with Crippen molar-refractivity contribution in [3.63, 3.8) is 0 Å². The summed E-state index contributed by atoms with van der Waals surface area (Å²) in [5.41, 5.74) is 6.64. The summed E-state index contributed by atoms with van der Waals surface area (Å²) >= 11 is 0. The number of methoxy groups -OCH3 is 1. The minimum Gasteiger partial charge on any atom is -0.497 e. The molecule has 3 N–H and O–H groups in total. The number of nitrogens with one attached hydrogen (secondary N) is 1. The lowest BCUT2D eigenvalue weighted by molar-refractivity contribution is -0.150. The van der Waals surface area contributed by atoms with Crippen molar-refractivity contribution in [1.29, 1.82) is 0 Å². The maximum Gasteiger partial charge on any atom is 0.322 e. The van der Waals surface area contributed by atoms with E-state index in [1.807, 2.05) is 12.2 Å². The molecule has 0 aliphatic heterocycles. The number of anilines is 1. The zero-order chi connectivity index (χ0) is 32.2. The highest BCUT2D eigenvalue weighted by Crippen LogP contribution is 2.33. The number of hydrogen-bond donors (Lipinski definition) is 2. The first-order valence-electron chi connectivity index (χ1n) is 14.4. The van der Waals surface area contributed by atoms with Crippen LogP contribution in [-0.4, -0.2) is 45.5 Å². The number of carbonyl (C=O) groups excluding carboxylic acids is 2. The number of hydrogen-bond acceptors (Lipinski definition) is 8. The Bertz CT molecular complexity index is 1890. The van der Waals surface area contributed by atoms with Gasteiger partial charge in [-0.05, 0) is 70.0 Å². The first-order chi connectivity index (χ1) is 21.6. The molecule has 4 aromatic rings. The van der Waals surface area contributed by atoms with E-state index >= 15 is 4.39 Å². The highest BCUT2D eigenvalue weighted by molar-refractivity contribution is 6.05. The number of benzene rings is 2. The van der Waals surface area contributed by atoms with Gasteiger partial charge in [0.25, 0.3) is 11.5 Å². The van der Waals surface area contributed by atoms with Gasteiger partial charge in [0, 0.05) is 29.4 Å². The van der Waals surface area contributed by atoms with Crippen molar-refractivity contribution in [2.75, 3.05) is 12.4 Å². The van der Waals surface area contributed by atoms with E-state index in [1.165, 1.54) is 23.7 Å². The molecular formula is C33H34FN5O6. The summed E-state index contributed by atoms with van der Waals surface area (Å²) in [7, 11) is 1.55. The fourth-order valence-corrected chi connectivity index (χ4v) is 5.02. The second-order valence-electron chi connectivity index (χ2n) is 10.7. The summed E-state index contributed by atoms with van der Waals surface area (Å²) in [5.74, 6) is -1.06. The third-order valence-electron chi connectivity index (χ3n) is 7.28. The summed E-state index contributed by atoms with van der Waals surface area (Å²) in [5, 5.41) is 3.30. The maximum atomic E-state index is 15.2. The van der Waals surface area contributed by atoms with Crippen LogP contribution in [-0.2, 0) is 16.1 Å². The zero-order valence-corrected chi connectivity index (χ0v) is 25.4. The summed E-state index contributed by atoms with van der Waals surface area (Å²) in [6.45, 7) is 4.92. The number of esters is 1. The van der Waals surface area contributed by atoms with Crippen molar-refractivity contribution in [2.45, 2.75) is 52.3 Å². The molecule has 234 valence electrons. The molecule has 2 atom stereocenters. The Morgan fingerprint density at radius 2 is 1.91 bits per heavy atom. The number of fused-ring (bicyclic) bond motifs is 1. The Balaban J connectivity index is 1.40. The third kappa shape index (κ3) is 6.65. The van der Waals surface area contributed by atoms with Crippen LogP contribution in [0, 0.1) is 12.7 Å². The monoisotopic (exact) mass is 615 g/mol. The average Bonchev–Trinajstić information content (AvgIpc) is 3.26. The predicted molar refractivity (Wildman–Crippen MR) is 168 cm³/mol. The highest BCUT2D eigenvalue weighted by Gasteiger charge is 2.26. The molecule has 5 rings (SSSR count). The standard InChI is InChI=1S/C33H34FN5O6/c1-19(44-33(42)20(2)35)18-38-21(3)30(32(41)39(38)23-8-6-5-7-9-23)31(40)37-22-10-13-29(26(34)16-22)45-28-14-15-36-27-17-24(43-4)11-12-25(27)28/h6,8-17,19-20H,5,7,18,35H2,1-4H3,(H,37,40)/t19-,20+/m1/s1. The van der Waals surface area contributed by atoms with Gasteiger partial charge >= 0.3 is 5.97 Å². The number of pyridine rings is 1. The van der Waals surface area contributed by atoms with Crippen molar-refractivity contribution in [3.05, 3.63) is 94.3 Å². The first kappa shape index (κ1) is 31.2. The molecule has 1 aliphatic carbocycles. The summed E-state index contributed by atoms with van der Waals surface area (Å²) in [6.07, 6.45) is 8.08. The highest BCUT2D eigenvalue weighted by atomic mass is 19.1. The molecule has 0 bridgehead atoms. The third-order valence-corrected chi connectivity index (χ3v) is 7.28. The van der Waals surface area contributed by atoms with Gasteiger partial charge in [-0.1, -0.05) is 12.2 Å². The van der Waals surface area contributed by atoms with Crippen LogP contribution in [0.3, 0.4) is 0 Å². The lowest BCUT2D eigenvalue weighted by atomic mass is 10.1. The van der Waals surface area contributed by atoms with Gasteiger partial charge in [0.1, 0.15) is 29.2 Å². The molecule has 0 radical (unpaired) electrons. The molecule has 1 amide bonds. The van der Waals surface area contributed by atoms with Crippen LogP contribution in [0.25, 0.3) is 16.6 Å². The van der Waals surface area contributed by atoms with Gasteiger partial charge in [-0.15, -0.1) is 0 Å². The van der Waals surface area contributed by atoms with Crippen molar-refractivity contribution in [3.8, 4) is 17.2 Å². The zero-order valence-electron chi connectivity index (χ0n) is 25.4. The molecule has 0 saturated heterocycles. The first-order valence-corrected chi connectivity index (χ1v) is 14.4. The second-order valence-corrected chi connectivity index (χ2v) is 10.7. The van der Waals surface area contributed by atoms with Crippen molar-refractivity contribution < 1.29 is 28.2 Å². The molecule has 1 aliphatic rings. The molecule has 12 heteroatoms. The van der Waals surface area contributed by atoms with Crippen LogP contribution >= 0.6 is 0 Å². The average molecular weight is 616 g/mol. The number of nitrogens with two attached hydrogens (primary N) is 1. The minimum atomic E-state index is -0.809. The summed E-state index contributed by atoms with van der Waals surface area (Å²) < 4.78 is 34.8. The number of rotatable bonds is 10. The van der Waals surface area contributed by atoms with Crippen molar-refractivity contribution in [1.82, 2.24) is 14.3 Å². The van der Waals surface area contributed by atoms with Gasteiger partial charge in [-0.3, -0.25) is 24.0 Å². The van der Waals surface area contributed by atoms with Crippen LogP contribution in [0.5, 0.6) is 17.2 Å². The largest absolute Gasteiger partial charge is 0.497 e. The van der Waals surface area contributed by atoms with Gasteiger partial charge in [-0.2, -0.15) is 0 Å². The van der Waals surface area contributed by atoms with E-state index in [2.05, 4.69) is 10.3 Å². The van der Waals surface area contributed by atoms with Crippen LogP contribution in [0.15, 0.2) is 71.7 Å². The predicted octanol–water partition coefficient (Wildman–Crippen LogP) is 5.17. The second kappa shape index (κ2) is 13.2. The Morgan fingerprint density at radius 3 is 2.60 bits per heavy atom. The Labute approximate surface area is 258 Å². The smallest absolute Gasteiger partial charge is 0.322 e. The summed E-state index contributed by atoms with van der Waals surface area (Å²) in [4.78, 5) is 43.6.